The Morgan fingerprint density at radius 3 is 2.42 bits per heavy atom. The Bertz CT molecular complexity index is 557. The molecular weight excluding hydrogens is 304 g/mol. The van der Waals surface area contributed by atoms with Gasteiger partial charge >= 0.3 is 6.09 Å². The number of carbonyl (C=O) groups is 2. The van der Waals surface area contributed by atoms with Crippen molar-refractivity contribution in [2.45, 2.75) is 52.4 Å². The highest BCUT2D eigenvalue weighted by Gasteiger charge is 2.63. The van der Waals surface area contributed by atoms with E-state index >= 15 is 0 Å². The average molecular weight is 334 g/mol. The van der Waals surface area contributed by atoms with Crippen LogP contribution in [0.4, 0.5) is 4.79 Å². The first-order valence-corrected chi connectivity index (χ1v) is 9.40. The normalized spacial score (nSPS) is 43.2. The number of cyclic esters (lactones) is 1. The minimum atomic E-state index is -0.245. The molecule has 1 saturated heterocycles. The van der Waals surface area contributed by atoms with Gasteiger partial charge in [-0.05, 0) is 55.3 Å². The van der Waals surface area contributed by atoms with Crippen LogP contribution in [-0.2, 0) is 9.53 Å². The van der Waals surface area contributed by atoms with Crippen molar-refractivity contribution in [1.82, 2.24) is 9.80 Å². The van der Waals surface area contributed by atoms with E-state index in [4.69, 9.17) is 4.74 Å². The first kappa shape index (κ1) is 16.2. The fourth-order valence-corrected chi connectivity index (χ4v) is 7.09. The molecule has 1 aliphatic heterocycles. The molecule has 2 atom stereocenters. The van der Waals surface area contributed by atoms with Crippen molar-refractivity contribution in [2.75, 3.05) is 33.3 Å². The van der Waals surface area contributed by atoms with Gasteiger partial charge in [-0.25, -0.2) is 4.79 Å². The maximum atomic E-state index is 13.4. The van der Waals surface area contributed by atoms with Gasteiger partial charge in [0, 0.05) is 20.1 Å². The van der Waals surface area contributed by atoms with Gasteiger partial charge < -0.3 is 14.5 Å². The Kier molecular flexibility index (Phi) is 3.46. The van der Waals surface area contributed by atoms with E-state index in [1.54, 1.807) is 4.90 Å². The molecule has 5 rings (SSSR count). The van der Waals surface area contributed by atoms with Crippen molar-refractivity contribution < 1.29 is 14.3 Å². The van der Waals surface area contributed by atoms with Crippen LogP contribution in [0.1, 0.15) is 52.4 Å². The largest absolute Gasteiger partial charge is 0.448 e. The minimum Gasteiger partial charge on any atom is -0.448 e. The van der Waals surface area contributed by atoms with Gasteiger partial charge in [-0.2, -0.15) is 0 Å². The topological polar surface area (TPSA) is 49.9 Å². The molecule has 4 aliphatic carbocycles. The second-order valence-electron chi connectivity index (χ2n) is 9.74. The molecule has 0 aromatic carbocycles. The van der Waals surface area contributed by atoms with Crippen LogP contribution >= 0.6 is 0 Å². The van der Waals surface area contributed by atoms with Crippen molar-refractivity contribution in [3.05, 3.63) is 0 Å². The minimum absolute atomic E-state index is 0.150. The third kappa shape index (κ3) is 2.51. The molecule has 0 radical (unpaired) electrons. The van der Waals surface area contributed by atoms with E-state index in [1.165, 1.54) is 19.3 Å². The van der Waals surface area contributed by atoms with Crippen molar-refractivity contribution in [3.63, 3.8) is 0 Å². The zero-order chi connectivity index (χ0) is 17.2. The second-order valence-corrected chi connectivity index (χ2v) is 9.74. The van der Waals surface area contributed by atoms with Crippen LogP contribution in [0.3, 0.4) is 0 Å². The number of likely N-dealkylation sites (N-methyl/N-ethyl adjacent to an activating group) is 1. The number of nitrogens with zero attached hydrogens (tertiary/aromatic N) is 2. The van der Waals surface area contributed by atoms with Gasteiger partial charge in [-0.3, -0.25) is 4.79 Å². The summed E-state index contributed by atoms with van der Waals surface area (Å²) >= 11 is 0. The number of rotatable bonds is 4. The molecule has 5 fully saturated rings. The van der Waals surface area contributed by atoms with Gasteiger partial charge in [0.1, 0.15) is 6.61 Å². The van der Waals surface area contributed by atoms with Crippen LogP contribution in [0.2, 0.25) is 0 Å². The fourth-order valence-electron chi connectivity index (χ4n) is 7.09. The summed E-state index contributed by atoms with van der Waals surface area (Å²) in [5.41, 5.74) is 0.552. The Labute approximate surface area is 144 Å². The van der Waals surface area contributed by atoms with Crippen LogP contribution in [0.5, 0.6) is 0 Å². The van der Waals surface area contributed by atoms with E-state index < -0.39 is 0 Å². The molecule has 5 heteroatoms. The SMILES string of the molecule is CN(CCN1CCOC1=O)C(=O)C12CC3CC(C)(CC(C)(C3)C1)C2. The van der Waals surface area contributed by atoms with Crippen LogP contribution < -0.4 is 0 Å². The van der Waals surface area contributed by atoms with Gasteiger partial charge in [0.25, 0.3) is 0 Å². The summed E-state index contributed by atoms with van der Waals surface area (Å²) in [4.78, 5) is 28.5. The lowest BCUT2D eigenvalue weighted by Gasteiger charge is -2.65. The molecule has 24 heavy (non-hydrogen) atoms. The number of hydrogen-bond acceptors (Lipinski definition) is 3. The van der Waals surface area contributed by atoms with E-state index in [1.807, 2.05) is 11.9 Å². The predicted octanol–water partition coefficient (Wildman–Crippen LogP) is 2.89. The van der Waals surface area contributed by atoms with Crippen molar-refractivity contribution in [3.8, 4) is 0 Å². The van der Waals surface area contributed by atoms with E-state index in [0.717, 1.165) is 25.2 Å². The smallest absolute Gasteiger partial charge is 0.409 e. The molecule has 0 aromatic heterocycles. The van der Waals surface area contributed by atoms with Crippen LogP contribution in [0, 0.1) is 22.2 Å². The molecule has 2 unspecified atom stereocenters. The van der Waals surface area contributed by atoms with E-state index in [9.17, 15) is 9.59 Å². The first-order valence-electron chi connectivity index (χ1n) is 9.40. The third-order valence-corrected chi connectivity index (χ3v) is 6.98. The molecule has 4 bridgehead atoms. The highest BCUT2D eigenvalue weighted by molar-refractivity contribution is 5.83. The van der Waals surface area contributed by atoms with Crippen LogP contribution in [0.25, 0.3) is 0 Å². The van der Waals surface area contributed by atoms with Crippen molar-refractivity contribution in [2.24, 2.45) is 22.2 Å². The molecule has 5 nitrogen and oxygen atoms in total. The molecule has 0 spiro atoms. The summed E-state index contributed by atoms with van der Waals surface area (Å²) in [6, 6.07) is 0. The molecule has 2 amide bonds. The van der Waals surface area contributed by atoms with Crippen molar-refractivity contribution in [1.29, 1.82) is 0 Å². The average Bonchev–Trinajstić information content (AvgIpc) is 2.85. The summed E-state index contributed by atoms with van der Waals surface area (Å²) in [6.07, 6.45) is 6.84. The quantitative estimate of drug-likeness (QED) is 0.794. The standard InChI is InChI=1S/C19H30N2O3/c1-17-8-14-9-18(2,11-17)13-19(10-14,12-17)15(22)20(3)4-5-21-6-7-24-16(21)23/h14H,4-13H2,1-3H3. The van der Waals surface area contributed by atoms with Gasteiger partial charge in [0.05, 0.1) is 12.0 Å². The lowest BCUT2D eigenvalue weighted by atomic mass is 9.40. The van der Waals surface area contributed by atoms with Crippen LogP contribution in [0.15, 0.2) is 0 Å². The Morgan fingerprint density at radius 2 is 1.88 bits per heavy atom. The Hall–Kier alpha value is -1.26. The van der Waals surface area contributed by atoms with E-state index in [2.05, 4.69) is 13.8 Å². The van der Waals surface area contributed by atoms with Gasteiger partial charge in [0.2, 0.25) is 5.91 Å². The maximum absolute atomic E-state index is 13.4. The highest BCUT2D eigenvalue weighted by Crippen LogP contribution is 2.69. The maximum Gasteiger partial charge on any atom is 0.409 e. The zero-order valence-corrected chi connectivity index (χ0v) is 15.3. The summed E-state index contributed by atoms with van der Waals surface area (Å²) < 4.78 is 4.97. The van der Waals surface area contributed by atoms with Crippen LogP contribution in [-0.4, -0.2) is 55.1 Å². The monoisotopic (exact) mass is 334 g/mol. The van der Waals surface area contributed by atoms with Gasteiger partial charge in [-0.1, -0.05) is 13.8 Å². The fraction of sp³-hybridized carbons (Fsp3) is 0.895. The molecule has 5 aliphatic rings. The molecule has 1 heterocycles. The lowest BCUT2D eigenvalue weighted by Crippen LogP contribution is -2.60. The number of ether oxygens (including phenoxy) is 1. The zero-order valence-electron chi connectivity index (χ0n) is 15.3. The van der Waals surface area contributed by atoms with Gasteiger partial charge in [0.15, 0.2) is 0 Å². The molecular formula is C19H30N2O3. The summed E-state index contributed by atoms with van der Waals surface area (Å²) in [7, 11) is 1.91. The number of amides is 2. The number of hydrogen-bond donors (Lipinski definition) is 0. The summed E-state index contributed by atoms with van der Waals surface area (Å²) in [5.74, 6) is 1.04. The first-order chi connectivity index (χ1) is 11.2. The number of carbonyl (C=O) groups excluding carboxylic acids is 2. The van der Waals surface area contributed by atoms with Gasteiger partial charge in [-0.15, -0.1) is 0 Å². The molecule has 0 N–H and O–H groups in total. The van der Waals surface area contributed by atoms with E-state index in [-0.39, 0.29) is 11.5 Å². The highest BCUT2D eigenvalue weighted by atomic mass is 16.6. The molecule has 134 valence electrons. The van der Waals surface area contributed by atoms with Crippen molar-refractivity contribution >= 4 is 12.0 Å². The van der Waals surface area contributed by atoms with E-state index in [0.29, 0.717) is 43.0 Å². The Balaban J connectivity index is 1.46. The Morgan fingerprint density at radius 1 is 1.21 bits per heavy atom. The summed E-state index contributed by atoms with van der Waals surface area (Å²) in [6.45, 7) is 7.10. The molecule has 4 saturated carbocycles. The summed E-state index contributed by atoms with van der Waals surface area (Å²) in [5, 5.41) is 0. The molecule has 0 aromatic rings. The third-order valence-electron chi connectivity index (χ3n) is 6.98. The lowest BCUT2D eigenvalue weighted by molar-refractivity contribution is -0.178. The second kappa shape index (κ2) is 5.12. The predicted molar refractivity (Wildman–Crippen MR) is 90.4 cm³/mol.